The number of hydrogen-bond donors (Lipinski definition) is 0. The van der Waals surface area contributed by atoms with E-state index in [1.54, 1.807) is 18.6 Å². The molecule has 4 aromatic rings. The van der Waals surface area contributed by atoms with Crippen LogP contribution in [0.15, 0.2) is 67.3 Å². The topological polar surface area (TPSA) is 54.8 Å². The zero-order chi connectivity index (χ0) is 17.2. The second-order valence-corrected chi connectivity index (χ2v) is 6.00. The van der Waals surface area contributed by atoms with Gasteiger partial charge in [-0.15, -0.1) is 10.2 Å². The minimum atomic E-state index is 0.817. The molecule has 0 aliphatic rings. The molecule has 0 N–H and O–H groups in total. The van der Waals surface area contributed by atoms with E-state index in [-0.39, 0.29) is 0 Å². The van der Waals surface area contributed by atoms with E-state index >= 15 is 0 Å². The van der Waals surface area contributed by atoms with E-state index in [0.29, 0.717) is 0 Å². The number of rotatable bonds is 3. The van der Waals surface area contributed by atoms with Gasteiger partial charge in [0.25, 0.3) is 0 Å². The largest absolute Gasteiger partial charge is 0.361 e. The van der Waals surface area contributed by atoms with Crippen LogP contribution in [0.1, 0.15) is 0 Å². The van der Waals surface area contributed by atoms with Gasteiger partial charge in [0, 0.05) is 55.4 Å². The highest BCUT2D eigenvalue weighted by atomic mass is 15.2. The van der Waals surface area contributed by atoms with E-state index in [9.17, 15) is 0 Å². The van der Waals surface area contributed by atoms with Gasteiger partial charge in [0.1, 0.15) is 5.69 Å². The fourth-order valence-corrected chi connectivity index (χ4v) is 2.88. The minimum absolute atomic E-state index is 0.817. The third kappa shape index (κ3) is 2.80. The van der Waals surface area contributed by atoms with Gasteiger partial charge in [0.05, 0.1) is 0 Å². The Morgan fingerprint density at radius 3 is 2.40 bits per heavy atom. The highest BCUT2D eigenvalue weighted by Crippen LogP contribution is 2.35. The average Bonchev–Trinajstić information content (AvgIpc) is 2.68. The molecule has 0 saturated heterocycles. The van der Waals surface area contributed by atoms with E-state index in [4.69, 9.17) is 0 Å². The number of nitrogens with zero attached hydrogens (tertiary/aromatic N) is 5. The molecule has 0 unspecified atom stereocenters. The summed E-state index contributed by atoms with van der Waals surface area (Å²) in [5.74, 6) is 0.817. The number of anilines is 1. The normalized spacial score (nSPS) is 10.8. The van der Waals surface area contributed by atoms with Crippen LogP contribution in [0.2, 0.25) is 0 Å². The first kappa shape index (κ1) is 15.2. The lowest BCUT2D eigenvalue weighted by Gasteiger charge is -2.15. The van der Waals surface area contributed by atoms with Crippen molar-refractivity contribution >= 4 is 16.6 Å². The van der Waals surface area contributed by atoms with E-state index in [1.165, 1.54) is 0 Å². The molecule has 3 heterocycles. The standard InChI is InChI=1S/C20H17N5/c1-25(2)19-12-18(14-6-9-21-10-7-14)20(24-23-19)17-5-3-4-15-13-22-11-8-16(15)17/h3-13H,1-2H3. The molecular formula is C20H17N5. The maximum atomic E-state index is 4.56. The molecule has 0 amide bonds. The van der Waals surface area contributed by atoms with Crippen molar-refractivity contribution in [3.63, 3.8) is 0 Å². The van der Waals surface area contributed by atoms with Gasteiger partial charge in [-0.2, -0.15) is 0 Å². The number of aromatic nitrogens is 4. The fourth-order valence-electron chi connectivity index (χ4n) is 2.88. The van der Waals surface area contributed by atoms with Crippen LogP contribution in [0.5, 0.6) is 0 Å². The van der Waals surface area contributed by atoms with Gasteiger partial charge >= 0.3 is 0 Å². The van der Waals surface area contributed by atoms with Gasteiger partial charge in [-0.05, 0) is 35.2 Å². The maximum Gasteiger partial charge on any atom is 0.151 e. The molecule has 4 rings (SSSR count). The van der Waals surface area contributed by atoms with Crippen LogP contribution >= 0.6 is 0 Å². The lowest BCUT2D eigenvalue weighted by atomic mass is 9.97. The van der Waals surface area contributed by atoms with Crippen LogP contribution in [0.4, 0.5) is 5.82 Å². The molecule has 5 nitrogen and oxygen atoms in total. The van der Waals surface area contributed by atoms with E-state index in [1.807, 2.05) is 49.5 Å². The first-order valence-electron chi connectivity index (χ1n) is 8.02. The molecule has 0 spiro atoms. The van der Waals surface area contributed by atoms with Gasteiger partial charge in [-0.1, -0.05) is 18.2 Å². The van der Waals surface area contributed by atoms with Crippen LogP contribution in [0.25, 0.3) is 33.2 Å². The Kier molecular flexibility index (Phi) is 3.82. The highest BCUT2D eigenvalue weighted by molar-refractivity contribution is 5.98. The Morgan fingerprint density at radius 1 is 0.800 bits per heavy atom. The molecule has 25 heavy (non-hydrogen) atoms. The molecule has 0 saturated carbocycles. The summed E-state index contributed by atoms with van der Waals surface area (Å²) in [6.07, 6.45) is 7.26. The number of hydrogen-bond acceptors (Lipinski definition) is 5. The van der Waals surface area contributed by atoms with Crippen LogP contribution in [0.3, 0.4) is 0 Å². The van der Waals surface area contributed by atoms with E-state index in [2.05, 4.69) is 38.4 Å². The fraction of sp³-hybridized carbons (Fsp3) is 0.100. The molecule has 0 atom stereocenters. The maximum absolute atomic E-state index is 4.56. The van der Waals surface area contributed by atoms with Crippen LogP contribution < -0.4 is 4.90 Å². The van der Waals surface area contributed by atoms with Crippen LogP contribution in [0, 0.1) is 0 Å². The first-order chi connectivity index (χ1) is 12.2. The zero-order valence-electron chi connectivity index (χ0n) is 14.1. The molecular weight excluding hydrogens is 310 g/mol. The van der Waals surface area contributed by atoms with Crippen molar-refractivity contribution in [1.82, 2.24) is 20.2 Å². The third-order valence-electron chi connectivity index (χ3n) is 4.17. The second-order valence-electron chi connectivity index (χ2n) is 6.00. The van der Waals surface area contributed by atoms with Gasteiger partial charge in [-0.3, -0.25) is 9.97 Å². The van der Waals surface area contributed by atoms with Crippen LogP contribution in [-0.2, 0) is 0 Å². The SMILES string of the molecule is CN(C)c1cc(-c2ccncc2)c(-c2cccc3cnccc23)nn1. The predicted molar refractivity (Wildman–Crippen MR) is 100 cm³/mol. The van der Waals surface area contributed by atoms with Crippen molar-refractivity contribution in [1.29, 1.82) is 0 Å². The third-order valence-corrected chi connectivity index (χ3v) is 4.17. The molecule has 1 aromatic carbocycles. The van der Waals surface area contributed by atoms with Gasteiger partial charge in [0.2, 0.25) is 0 Å². The first-order valence-corrected chi connectivity index (χ1v) is 8.02. The van der Waals surface area contributed by atoms with E-state index < -0.39 is 0 Å². The molecule has 122 valence electrons. The van der Waals surface area contributed by atoms with E-state index in [0.717, 1.165) is 39.0 Å². The summed E-state index contributed by atoms with van der Waals surface area (Å²) in [6, 6.07) is 14.2. The Hall–Kier alpha value is -3.34. The molecule has 0 bridgehead atoms. The van der Waals surface area contributed by atoms with Crippen molar-refractivity contribution in [2.75, 3.05) is 19.0 Å². The monoisotopic (exact) mass is 327 g/mol. The smallest absolute Gasteiger partial charge is 0.151 e. The Labute approximate surface area is 146 Å². The van der Waals surface area contributed by atoms with Gasteiger partial charge in [-0.25, -0.2) is 0 Å². The highest BCUT2D eigenvalue weighted by Gasteiger charge is 2.14. The molecule has 0 aliphatic carbocycles. The van der Waals surface area contributed by atoms with Crippen molar-refractivity contribution < 1.29 is 0 Å². The predicted octanol–water partition coefficient (Wildman–Crippen LogP) is 3.82. The lowest BCUT2D eigenvalue weighted by Crippen LogP contribution is -2.12. The quantitative estimate of drug-likeness (QED) is 0.572. The summed E-state index contributed by atoms with van der Waals surface area (Å²) in [5, 5.41) is 11.1. The second kappa shape index (κ2) is 6.28. The number of fused-ring (bicyclic) bond motifs is 1. The van der Waals surface area contributed by atoms with Crippen LogP contribution in [-0.4, -0.2) is 34.3 Å². The number of benzene rings is 1. The van der Waals surface area contributed by atoms with Crippen molar-refractivity contribution in [3.05, 3.63) is 67.3 Å². The summed E-state index contributed by atoms with van der Waals surface area (Å²) < 4.78 is 0. The van der Waals surface area contributed by atoms with Gasteiger partial charge < -0.3 is 4.90 Å². The average molecular weight is 327 g/mol. The zero-order valence-corrected chi connectivity index (χ0v) is 14.1. The Bertz CT molecular complexity index is 1020. The molecule has 0 fully saturated rings. The van der Waals surface area contributed by atoms with Crippen molar-refractivity contribution in [2.24, 2.45) is 0 Å². The molecule has 0 radical (unpaired) electrons. The lowest BCUT2D eigenvalue weighted by molar-refractivity contribution is 0.971. The van der Waals surface area contributed by atoms with Crippen molar-refractivity contribution in [2.45, 2.75) is 0 Å². The van der Waals surface area contributed by atoms with Gasteiger partial charge in [0.15, 0.2) is 5.82 Å². The summed E-state index contributed by atoms with van der Waals surface area (Å²) >= 11 is 0. The Balaban J connectivity index is 2.01. The van der Waals surface area contributed by atoms with Crippen molar-refractivity contribution in [3.8, 4) is 22.4 Å². The molecule has 0 aliphatic heterocycles. The Morgan fingerprint density at radius 2 is 1.60 bits per heavy atom. The molecule has 5 heteroatoms. The summed E-state index contributed by atoms with van der Waals surface area (Å²) in [7, 11) is 3.92. The molecule has 3 aromatic heterocycles. The minimum Gasteiger partial charge on any atom is -0.361 e. The summed E-state index contributed by atoms with van der Waals surface area (Å²) in [6.45, 7) is 0. The number of pyridine rings is 2. The summed E-state index contributed by atoms with van der Waals surface area (Å²) in [5.41, 5.74) is 4.00. The summed E-state index contributed by atoms with van der Waals surface area (Å²) in [4.78, 5) is 10.3.